The van der Waals surface area contributed by atoms with Crippen LogP contribution in [0.5, 0.6) is 0 Å². The third kappa shape index (κ3) is 3.16. The number of hydrogen-bond donors (Lipinski definition) is 0. The minimum Gasteiger partial charge on any atom is -0.336 e. The molecular weight excluding hydrogens is 280 g/mol. The number of piperidine rings is 1. The SMILES string of the molecule is C[C@@H]1CCC[C@H](C)N1C(=O)CN1CCC[C@@H]1c1ccsc1. The highest BCUT2D eigenvalue weighted by Gasteiger charge is 2.33. The van der Waals surface area contributed by atoms with Crippen molar-refractivity contribution in [3.8, 4) is 0 Å². The maximum atomic E-state index is 12.8. The molecule has 4 heteroatoms. The molecule has 0 saturated carbocycles. The Morgan fingerprint density at radius 1 is 1.24 bits per heavy atom. The molecule has 0 bridgehead atoms. The van der Waals surface area contributed by atoms with Crippen LogP contribution >= 0.6 is 11.3 Å². The van der Waals surface area contributed by atoms with E-state index < -0.39 is 0 Å². The third-order valence-corrected chi connectivity index (χ3v) is 5.81. The first kappa shape index (κ1) is 15.0. The summed E-state index contributed by atoms with van der Waals surface area (Å²) in [6.07, 6.45) is 5.97. The highest BCUT2D eigenvalue weighted by atomic mass is 32.1. The molecule has 21 heavy (non-hydrogen) atoms. The van der Waals surface area contributed by atoms with Crippen LogP contribution in [0.25, 0.3) is 0 Å². The quantitative estimate of drug-likeness (QED) is 0.850. The molecule has 0 radical (unpaired) electrons. The van der Waals surface area contributed by atoms with E-state index in [1.165, 1.54) is 24.8 Å². The zero-order chi connectivity index (χ0) is 14.8. The molecule has 3 rings (SSSR count). The Hall–Kier alpha value is -0.870. The molecule has 2 aliphatic rings. The zero-order valence-electron chi connectivity index (χ0n) is 13.1. The van der Waals surface area contributed by atoms with E-state index in [0.29, 0.717) is 30.6 Å². The number of thiophene rings is 1. The lowest BCUT2D eigenvalue weighted by atomic mass is 9.97. The van der Waals surface area contributed by atoms with Crippen LogP contribution in [0.4, 0.5) is 0 Å². The minimum absolute atomic E-state index is 0.330. The maximum absolute atomic E-state index is 12.8. The molecule has 3 nitrogen and oxygen atoms in total. The number of likely N-dealkylation sites (tertiary alicyclic amines) is 2. The standard InChI is InChI=1S/C17H26N2OS/c1-13-5-3-6-14(2)19(13)17(20)11-18-9-4-7-16(18)15-8-10-21-12-15/h8,10,12-14,16H,3-7,9,11H2,1-2H3/t13-,14+,16-/m1/s1. The van der Waals surface area contributed by atoms with Gasteiger partial charge in [-0.1, -0.05) is 0 Å². The van der Waals surface area contributed by atoms with Crippen molar-refractivity contribution >= 4 is 17.2 Å². The molecule has 3 heterocycles. The number of amides is 1. The van der Waals surface area contributed by atoms with E-state index in [4.69, 9.17) is 0 Å². The molecule has 116 valence electrons. The van der Waals surface area contributed by atoms with Crippen molar-refractivity contribution in [3.05, 3.63) is 22.4 Å². The van der Waals surface area contributed by atoms with Crippen LogP contribution in [-0.4, -0.2) is 40.9 Å². The maximum Gasteiger partial charge on any atom is 0.237 e. The average Bonchev–Trinajstić information content (AvgIpc) is 3.08. The van der Waals surface area contributed by atoms with Crippen LogP contribution < -0.4 is 0 Å². The monoisotopic (exact) mass is 306 g/mol. The van der Waals surface area contributed by atoms with Crippen molar-refractivity contribution < 1.29 is 4.79 Å². The van der Waals surface area contributed by atoms with Crippen molar-refractivity contribution in [2.45, 2.75) is 64.1 Å². The van der Waals surface area contributed by atoms with Gasteiger partial charge in [-0.05, 0) is 74.9 Å². The van der Waals surface area contributed by atoms with E-state index in [1.54, 1.807) is 11.3 Å². The molecule has 0 aliphatic carbocycles. The fraction of sp³-hybridized carbons (Fsp3) is 0.706. The summed E-state index contributed by atoms with van der Waals surface area (Å²) >= 11 is 1.75. The molecule has 1 amide bonds. The lowest BCUT2D eigenvalue weighted by Gasteiger charge is -2.40. The van der Waals surface area contributed by atoms with E-state index in [-0.39, 0.29) is 0 Å². The largest absolute Gasteiger partial charge is 0.336 e. The molecule has 1 aromatic rings. The number of rotatable bonds is 3. The van der Waals surface area contributed by atoms with E-state index in [0.717, 1.165) is 19.4 Å². The van der Waals surface area contributed by atoms with E-state index in [1.807, 2.05) is 0 Å². The highest BCUT2D eigenvalue weighted by molar-refractivity contribution is 7.07. The van der Waals surface area contributed by atoms with Gasteiger partial charge in [0.2, 0.25) is 5.91 Å². The van der Waals surface area contributed by atoms with E-state index >= 15 is 0 Å². The van der Waals surface area contributed by atoms with E-state index in [9.17, 15) is 4.79 Å². The van der Waals surface area contributed by atoms with Crippen molar-refractivity contribution in [1.29, 1.82) is 0 Å². The van der Waals surface area contributed by atoms with Crippen LogP contribution in [0.3, 0.4) is 0 Å². The van der Waals surface area contributed by atoms with Crippen LogP contribution in [0, 0.1) is 0 Å². The molecule has 0 unspecified atom stereocenters. The highest BCUT2D eigenvalue weighted by Crippen LogP contribution is 2.33. The average molecular weight is 306 g/mol. The summed E-state index contributed by atoms with van der Waals surface area (Å²) in [6.45, 7) is 6.06. The molecular formula is C17H26N2OS. The van der Waals surface area contributed by atoms with Gasteiger partial charge in [0.05, 0.1) is 6.54 Å². The Morgan fingerprint density at radius 2 is 2.00 bits per heavy atom. The van der Waals surface area contributed by atoms with E-state index in [2.05, 4.69) is 40.5 Å². The predicted molar refractivity (Wildman–Crippen MR) is 87.5 cm³/mol. The molecule has 0 aromatic carbocycles. The Balaban J connectivity index is 1.66. The van der Waals surface area contributed by atoms with Crippen molar-refractivity contribution in [2.24, 2.45) is 0 Å². The topological polar surface area (TPSA) is 23.6 Å². The Morgan fingerprint density at radius 3 is 2.67 bits per heavy atom. The molecule has 2 fully saturated rings. The Bertz CT molecular complexity index is 463. The summed E-state index contributed by atoms with van der Waals surface area (Å²) in [7, 11) is 0. The fourth-order valence-corrected chi connectivity index (χ4v) is 4.73. The molecule has 2 saturated heterocycles. The number of nitrogens with zero attached hydrogens (tertiary/aromatic N) is 2. The van der Waals surface area contributed by atoms with Crippen molar-refractivity contribution in [1.82, 2.24) is 9.80 Å². The van der Waals surface area contributed by atoms with Gasteiger partial charge < -0.3 is 4.90 Å². The number of carbonyl (C=O) groups excluding carboxylic acids is 1. The van der Waals surface area contributed by atoms with Crippen LogP contribution in [-0.2, 0) is 4.79 Å². The zero-order valence-corrected chi connectivity index (χ0v) is 13.9. The van der Waals surface area contributed by atoms with Crippen LogP contribution in [0.1, 0.15) is 57.6 Å². The Kier molecular flexibility index (Phi) is 4.65. The lowest BCUT2D eigenvalue weighted by molar-refractivity contribution is -0.138. The molecule has 1 aromatic heterocycles. The predicted octanol–water partition coefficient (Wildman–Crippen LogP) is 3.67. The van der Waals surface area contributed by atoms with Crippen LogP contribution in [0.15, 0.2) is 16.8 Å². The minimum atomic E-state index is 0.330. The first-order valence-electron chi connectivity index (χ1n) is 8.24. The summed E-state index contributed by atoms with van der Waals surface area (Å²) in [5.41, 5.74) is 1.39. The van der Waals surface area contributed by atoms with Gasteiger partial charge in [-0.2, -0.15) is 11.3 Å². The smallest absolute Gasteiger partial charge is 0.237 e. The second-order valence-corrected chi connectivity index (χ2v) is 7.40. The summed E-state index contributed by atoms with van der Waals surface area (Å²) < 4.78 is 0. The summed E-state index contributed by atoms with van der Waals surface area (Å²) in [5.74, 6) is 0.330. The first-order valence-corrected chi connectivity index (χ1v) is 9.18. The normalized spacial score (nSPS) is 30.8. The second-order valence-electron chi connectivity index (χ2n) is 6.62. The van der Waals surface area contributed by atoms with Gasteiger partial charge in [0.15, 0.2) is 0 Å². The molecule has 2 aliphatic heterocycles. The summed E-state index contributed by atoms with van der Waals surface area (Å²) in [4.78, 5) is 17.3. The lowest BCUT2D eigenvalue weighted by Crippen LogP contribution is -2.51. The van der Waals surface area contributed by atoms with Gasteiger partial charge in [0, 0.05) is 18.1 Å². The van der Waals surface area contributed by atoms with Crippen LogP contribution in [0.2, 0.25) is 0 Å². The molecule has 0 spiro atoms. The summed E-state index contributed by atoms with van der Waals surface area (Å²) in [6, 6.07) is 3.48. The van der Waals surface area contributed by atoms with Gasteiger partial charge in [0.1, 0.15) is 0 Å². The van der Waals surface area contributed by atoms with Crippen molar-refractivity contribution in [2.75, 3.05) is 13.1 Å². The van der Waals surface area contributed by atoms with Gasteiger partial charge in [-0.15, -0.1) is 0 Å². The molecule has 3 atom stereocenters. The summed E-state index contributed by atoms with van der Waals surface area (Å²) in [5, 5.41) is 4.38. The number of hydrogen-bond acceptors (Lipinski definition) is 3. The van der Waals surface area contributed by atoms with Gasteiger partial charge in [-0.25, -0.2) is 0 Å². The Labute approximate surface area is 131 Å². The van der Waals surface area contributed by atoms with Crippen molar-refractivity contribution in [3.63, 3.8) is 0 Å². The first-order chi connectivity index (χ1) is 10.2. The van der Waals surface area contributed by atoms with Gasteiger partial charge in [0.25, 0.3) is 0 Å². The second kappa shape index (κ2) is 6.49. The third-order valence-electron chi connectivity index (χ3n) is 5.11. The fourth-order valence-electron chi connectivity index (χ4n) is 4.03. The number of carbonyl (C=O) groups is 1. The van der Waals surface area contributed by atoms with Gasteiger partial charge in [-0.3, -0.25) is 9.69 Å². The molecule has 0 N–H and O–H groups in total. The van der Waals surface area contributed by atoms with Gasteiger partial charge >= 0.3 is 0 Å².